The van der Waals surface area contributed by atoms with E-state index in [9.17, 15) is 0 Å². The lowest BCUT2D eigenvalue weighted by Gasteiger charge is -2.35. The van der Waals surface area contributed by atoms with Crippen molar-refractivity contribution >= 4 is 64.6 Å². The lowest BCUT2D eigenvalue weighted by Crippen LogP contribution is -2.29. The first-order chi connectivity index (χ1) is 33.3. The van der Waals surface area contributed by atoms with Gasteiger partial charge >= 0.3 is 0 Å². The van der Waals surface area contributed by atoms with E-state index in [1.54, 1.807) is 0 Å². The fourth-order valence-electron chi connectivity index (χ4n) is 12.1. The third kappa shape index (κ3) is 5.48. The summed E-state index contributed by atoms with van der Waals surface area (Å²) in [5, 5.41) is 15.2. The first-order valence-corrected chi connectivity index (χ1v) is 23.4. The Morgan fingerprint density at radius 2 is 0.597 bits per heavy atom. The number of fused-ring (bicyclic) bond motifs is 13. The molecule has 0 bridgehead atoms. The fourth-order valence-corrected chi connectivity index (χ4v) is 12.1. The van der Waals surface area contributed by atoms with E-state index >= 15 is 0 Å². The summed E-state index contributed by atoms with van der Waals surface area (Å²) >= 11 is 0. The Balaban J connectivity index is 1.02. The second kappa shape index (κ2) is 14.7. The highest BCUT2D eigenvalue weighted by atomic mass is 14.5. The van der Waals surface area contributed by atoms with Crippen molar-refractivity contribution in [1.82, 2.24) is 0 Å². The van der Waals surface area contributed by atoms with Crippen molar-refractivity contribution in [1.29, 1.82) is 0 Å². The summed E-state index contributed by atoms with van der Waals surface area (Å²) in [4.78, 5) is 0. The molecule has 67 heavy (non-hydrogen) atoms. The van der Waals surface area contributed by atoms with Crippen LogP contribution in [0.25, 0.3) is 109 Å². The summed E-state index contributed by atoms with van der Waals surface area (Å²) in [6.07, 6.45) is 0. The molecule has 0 heterocycles. The first kappa shape index (κ1) is 37.8. The SMILES string of the molecule is c1ccc(-c2ccc3cc(-c4c5ccccc5c(-c5ccc6c7c(ccc6c5)-c5c(c6ccccc6c6ccccc56)C7(c5ccccc5)c5ccccc5)c5ccccc45)ccc3c2)cc1. The predicted octanol–water partition coefficient (Wildman–Crippen LogP) is 18.0. The molecule has 13 aromatic rings. The van der Waals surface area contributed by atoms with Gasteiger partial charge in [-0.05, 0) is 150 Å². The van der Waals surface area contributed by atoms with Crippen LogP contribution < -0.4 is 0 Å². The summed E-state index contributed by atoms with van der Waals surface area (Å²) in [5.41, 5.74) is 14.8. The summed E-state index contributed by atoms with van der Waals surface area (Å²) in [7, 11) is 0. The molecule has 1 aliphatic rings. The maximum Gasteiger partial charge on any atom is 0.0725 e. The molecule has 0 amide bonds. The van der Waals surface area contributed by atoms with Gasteiger partial charge < -0.3 is 0 Å². The van der Waals surface area contributed by atoms with Gasteiger partial charge in [0.1, 0.15) is 0 Å². The molecule has 0 saturated heterocycles. The minimum Gasteiger partial charge on any atom is -0.0622 e. The van der Waals surface area contributed by atoms with Crippen LogP contribution in [0.15, 0.2) is 255 Å². The van der Waals surface area contributed by atoms with Gasteiger partial charge in [0.15, 0.2) is 0 Å². The number of hydrogen-bond acceptors (Lipinski definition) is 0. The molecular weight excluding hydrogens is 805 g/mol. The van der Waals surface area contributed by atoms with Crippen LogP contribution in [-0.4, -0.2) is 0 Å². The number of benzene rings is 13. The Morgan fingerprint density at radius 3 is 1.15 bits per heavy atom. The summed E-state index contributed by atoms with van der Waals surface area (Å²) < 4.78 is 0. The molecule has 0 unspecified atom stereocenters. The van der Waals surface area contributed by atoms with Gasteiger partial charge in [0, 0.05) is 0 Å². The van der Waals surface area contributed by atoms with Gasteiger partial charge in [0.2, 0.25) is 0 Å². The Morgan fingerprint density at radius 1 is 0.209 bits per heavy atom. The maximum atomic E-state index is 2.46. The molecule has 0 fully saturated rings. The van der Waals surface area contributed by atoms with Crippen molar-refractivity contribution in [3.05, 3.63) is 277 Å². The predicted molar refractivity (Wildman–Crippen MR) is 285 cm³/mol. The van der Waals surface area contributed by atoms with Gasteiger partial charge in [0.05, 0.1) is 5.41 Å². The van der Waals surface area contributed by atoms with E-state index < -0.39 is 5.41 Å². The smallest absolute Gasteiger partial charge is 0.0622 e. The second-order valence-electron chi connectivity index (χ2n) is 18.2. The molecule has 0 nitrogen and oxygen atoms in total. The molecule has 13 aromatic carbocycles. The van der Waals surface area contributed by atoms with Crippen LogP contribution in [-0.2, 0) is 5.41 Å². The van der Waals surface area contributed by atoms with Crippen molar-refractivity contribution in [3.63, 3.8) is 0 Å². The minimum atomic E-state index is -0.581. The second-order valence-corrected chi connectivity index (χ2v) is 18.2. The monoisotopic (exact) mass is 846 g/mol. The topological polar surface area (TPSA) is 0 Å². The highest BCUT2D eigenvalue weighted by molar-refractivity contribution is 6.23. The largest absolute Gasteiger partial charge is 0.0725 e. The minimum absolute atomic E-state index is 0.581. The van der Waals surface area contributed by atoms with Gasteiger partial charge in [-0.1, -0.05) is 237 Å². The molecule has 0 saturated carbocycles. The molecule has 0 N–H and O–H groups in total. The summed E-state index contributed by atoms with van der Waals surface area (Å²) in [5.74, 6) is 0. The van der Waals surface area contributed by atoms with Crippen molar-refractivity contribution in [2.45, 2.75) is 5.41 Å². The van der Waals surface area contributed by atoms with Crippen molar-refractivity contribution in [2.75, 3.05) is 0 Å². The van der Waals surface area contributed by atoms with Crippen molar-refractivity contribution in [3.8, 4) is 44.5 Å². The van der Waals surface area contributed by atoms with E-state index in [0.717, 1.165) is 0 Å². The Hall–Kier alpha value is -8.58. The Kier molecular flexibility index (Phi) is 8.30. The lowest BCUT2D eigenvalue weighted by atomic mass is 9.65. The van der Waals surface area contributed by atoms with E-state index in [4.69, 9.17) is 0 Å². The number of rotatable bonds is 5. The molecule has 0 radical (unpaired) electrons. The van der Waals surface area contributed by atoms with Crippen LogP contribution >= 0.6 is 0 Å². The zero-order valence-corrected chi connectivity index (χ0v) is 36.7. The molecule has 0 aliphatic heterocycles. The van der Waals surface area contributed by atoms with Gasteiger partial charge in [-0.3, -0.25) is 0 Å². The van der Waals surface area contributed by atoms with E-state index in [0.29, 0.717) is 0 Å². The van der Waals surface area contributed by atoms with Crippen molar-refractivity contribution < 1.29 is 0 Å². The van der Waals surface area contributed by atoms with E-state index in [1.807, 2.05) is 0 Å². The normalized spacial score (nSPS) is 12.9. The van der Waals surface area contributed by atoms with Crippen LogP contribution in [0.3, 0.4) is 0 Å². The van der Waals surface area contributed by atoms with Gasteiger partial charge in [0.25, 0.3) is 0 Å². The van der Waals surface area contributed by atoms with Crippen LogP contribution in [0.2, 0.25) is 0 Å². The third-order valence-electron chi connectivity index (χ3n) is 14.8. The fraction of sp³-hybridized carbons (Fsp3) is 0.0149. The van der Waals surface area contributed by atoms with Crippen LogP contribution in [0.1, 0.15) is 22.3 Å². The molecule has 0 atom stereocenters. The highest BCUT2D eigenvalue weighted by Crippen LogP contribution is 2.62. The molecule has 14 rings (SSSR count). The molecule has 0 aromatic heterocycles. The molecule has 310 valence electrons. The van der Waals surface area contributed by atoms with Gasteiger partial charge in [-0.2, -0.15) is 0 Å². The first-order valence-electron chi connectivity index (χ1n) is 23.4. The highest BCUT2D eigenvalue weighted by Gasteiger charge is 2.49. The lowest BCUT2D eigenvalue weighted by molar-refractivity contribution is 0.783. The zero-order valence-electron chi connectivity index (χ0n) is 36.7. The van der Waals surface area contributed by atoms with Crippen LogP contribution in [0, 0.1) is 0 Å². The molecule has 0 spiro atoms. The molecule has 1 aliphatic carbocycles. The van der Waals surface area contributed by atoms with Gasteiger partial charge in [-0.15, -0.1) is 0 Å². The van der Waals surface area contributed by atoms with E-state index in [-0.39, 0.29) is 0 Å². The van der Waals surface area contributed by atoms with Crippen LogP contribution in [0.4, 0.5) is 0 Å². The number of hydrogen-bond donors (Lipinski definition) is 0. The average Bonchev–Trinajstić information content (AvgIpc) is 3.73. The summed E-state index contributed by atoms with van der Waals surface area (Å²) in [6.45, 7) is 0. The molecular formula is C67H42. The van der Waals surface area contributed by atoms with E-state index in [1.165, 1.54) is 131 Å². The Bertz CT molecular complexity index is 4030. The van der Waals surface area contributed by atoms with Crippen LogP contribution in [0.5, 0.6) is 0 Å². The standard InChI is InChI=1S/C67H42/c1-4-18-43(19-5-1)44-32-33-46-41-48(35-34-45(46)40-44)62-56-27-13-15-29-58(56)63(59-30-16-14-28-57(59)62)49-37-38-52-47(42-49)36-39-61-64-55-26-12-10-24-53(55)54-25-11-17-31-60(54)66(64)67(65(52)61,50-20-6-2-7-21-50)51-22-8-3-9-23-51/h1-42H. The average molecular weight is 847 g/mol. The quantitative estimate of drug-likeness (QED) is 0.120. The van der Waals surface area contributed by atoms with Crippen molar-refractivity contribution in [2.24, 2.45) is 0 Å². The zero-order chi connectivity index (χ0) is 44.1. The maximum absolute atomic E-state index is 2.46. The van der Waals surface area contributed by atoms with Gasteiger partial charge in [-0.25, -0.2) is 0 Å². The third-order valence-corrected chi connectivity index (χ3v) is 14.8. The summed E-state index contributed by atoms with van der Waals surface area (Å²) in [6, 6.07) is 95.3. The Labute approximate surface area is 389 Å². The molecule has 0 heteroatoms. The van der Waals surface area contributed by atoms with E-state index in [2.05, 4.69) is 255 Å².